The molecule has 0 aromatic rings. The Labute approximate surface area is 281 Å². The SMILES string of the molecule is CCCCCCC/C=C\CCCCCCCCOCC1OC(C)(C)OC1COCCCCCCCC/C=C\CCCCCCC. The van der Waals surface area contributed by atoms with Crippen LogP contribution in [0, 0.1) is 0 Å². The van der Waals surface area contributed by atoms with Crippen molar-refractivity contribution in [3.63, 3.8) is 0 Å². The molecule has 1 rings (SSSR count). The predicted octanol–water partition coefficient (Wildman–Crippen LogP) is 12.8. The van der Waals surface area contributed by atoms with Gasteiger partial charge in [0.15, 0.2) is 5.79 Å². The summed E-state index contributed by atoms with van der Waals surface area (Å²) in [6.45, 7) is 11.4. The Hall–Kier alpha value is -0.680. The van der Waals surface area contributed by atoms with Gasteiger partial charge in [0.25, 0.3) is 0 Å². The molecule has 0 bridgehead atoms. The first kappa shape index (κ1) is 42.3. The lowest BCUT2D eigenvalue weighted by atomic mass is 10.1. The van der Waals surface area contributed by atoms with Gasteiger partial charge in [-0.15, -0.1) is 0 Å². The minimum absolute atomic E-state index is 0.0421. The zero-order chi connectivity index (χ0) is 32.5. The van der Waals surface area contributed by atoms with Crippen LogP contribution in [0.25, 0.3) is 0 Å². The third kappa shape index (κ3) is 28.1. The van der Waals surface area contributed by atoms with Crippen LogP contribution in [0.3, 0.4) is 0 Å². The van der Waals surface area contributed by atoms with Crippen molar-refractivity contribution in [1.29, 1.82) is 0 Å². The molecule has 1 aliphatic rings. The summed E-state index contributed by atoms with van der Waals surface area (Å²) in [6, 6.07) is 0. The second kappa shape index (κ2) is 31.9. The van der Waals surface area contributed by atoms with Crippen LogP contribution in [0.2, 0.25) is 0 Å². The predicted molar refractivity (Wildman–Crippen MR) is 195 cm³/mol. The second-order valence-corrected chi connectivity index (χ2v) is 14.0. The Morgan fingerprint density at radius 3 is 1.04 bits per heavy atom. The van der Waals surface area contributed by atoms with Crippen molar-refractivity contribution in [3.8, 4) is 0 Å². The Balaban J connectivity index is 1.92. The van der Waals surface area contributed by atoms with Gasteiger partial charge in [-0.3, -0.25) is 0 Å². The summed E-state index contributed by atoms with van der Waals surface area (Å²) >= 11 is 0. The molecule has 4 nitrogen and oxygen atoms in total. The molecule has 0 amide bonds. The average molecular weight is 635 g/mol. The molecule has 2 unspecified atom stereocenters. The van der Waals surface area contributed by atoms with Gasteiger partial charge in [-0.2, -0.15) is 0 Å². The standard InChI is InChI=1S/C41H78O4/c1-5-7-9-11-13-15-17-19-21-23-25-27-29-31-33-35-42-37-39-40(45-41(3,4)44-39)38-43-36-34-32-30-28-26-24-22-20-18-16-14-12-10-8-6-2/h17-20,39-40H,5-16,21-38H2,1-4H3/b19-17-,20-18-. The molecular formula is C41H78O4. The lowest BCUT2D eigenvalue weighted by Crippen LogP contribution is -2.32. The van der Waals surface area contributed by atoms with Gasteiger partial charge in [0.1, 0.15) is 12.2 Å². The van der Waals surface area contributed by atoms with Crippen LogP contribution < -0.4 is 0 Å². The molecule has 45 heavy (non-hydrogen) atoms. The summed E-state index contributed by atoms with van der Waals surface area (Å²) in [7, 11) is 0. The minimum Gasteiger partial charge on any atom is -0.379 e. The molecule has 0 aromatic carbocycles. The van der Waals surface area contributed by atoms with Gasteiger partial charge in [0.05, 0.1) is 13.2 Å². The third-order valence-corrected chi connectivity index (χ3v) is 8.95. The smallest absolute Gasteiger partial charge is 0.163 e. The van der Waals surface area contributed by atoms with E-state index in [1.165, 1.54) is 154 Å². The highest BCUT2D eigenvalue weighted by Gasteiger charge is 2.41. The maximum atomic E-state index is 6.14. The zero-order valence-corrected chi connectivity index (χ0v) is 30.8. The second-order valence-electron chi connectivity index (χ2n) is 14.0. The van der Waals surface area contributed by atoms with E-state index in [-0.39, 0.29) is 12.2 Å². The largest absolute Gasteiger partial charge is 0.379 e. The van der Waals surface area contributed by atoms with E-state index in [4.69, 9.17) is 18.9 Å². The van der Waals surface area contributed by atoms with Crippen LogP contribution in [-0.4, -0.2) is 44.4 Å². The van der Waals surface area contributed by atoms with Crippen molar-refractivity contribution in [2.75, 3.05) is 26.4 Å². The highest BCUT2D eigenvalue weighted by atomic mass is 16.8. The summed E-state index contributed by atoms with van der Waals surface area (Å²) < 4.78 is 24.3. The van der Waals surface area contributed by atoms with Crippen molar-refractivity contribution in [1.82, 2.24) is 0 Å². The first-order chi connectivity index (χ1) is 22.1. The average Bonchev–Trinajstić information content (AvgIpc) is 3.32. The molecule has 4 heteroatoms. The van der Waals surface area contributed by atoms with E-state index in [0.29, 0.717) is 13.2 Å². The van der Waals surface area contributed by atoms with E-state index in [9.17, 15) is 0 Å². The van der Waals surface area contributed by atoms with E-state index in [2.05, 4.69) is 38.2 Å². The molecule has 0 spiro atoms. The summed E-state index contributed by atoms with van der Waals surface area (Å²) in [5, 5.41) is 0. The third-order valence-electron chi connectivity index (χ3n) is 8.95. The molecule has 266 valence electrons. The van der Waals surface area contributed by atoms with Crippen LogP contribution in [0.5, 0.6) is 0 Å². The normalized spacial score (nSPS) is 18.2. The monoisotopic (exact) mass is 635 g/mol. The maximum Gasteiger partial charge on any atom is 0.163 e. The van der Waals surface area contributed by atoms with Gasteiger partial charge in [-0.1, -0.05) is 141 Å². The summed E-state index contributed by atoms with van der Waals surface area (Å²) in [5.41, 5.74) is 0. The van der Waals surface area contributed by atoms with Crippen molar-refractivity contribution in [3.05, 3.63) is 24.3 Å². The molecule has 0 aliphatic carbocycles. The van der Waals surface area contributed by atoms with E-state index in [0.717, 1.165) is 26.1 Å². The molecule has 0 aromatic heterocycles. The summed E-state index contributed by atoms with van der Waals surface area (Å²) in [5.74, 6) is -0.560. The van der Waals surface area contributed by atoms with Crippen molar-refractivity contribution >= 4 is 0 Å². The van der Waals surface area contributed by atoms with E-state index in [1.807, 2.05) is 13.8 Å². The van der Waals surface area contributed by atoms with Gasteiger partial charge in [-0.25, -0.2) is 0 Å². The zero-order valence-electron chi connectivity index (χ0n) is 30.8. The fourth-order valence-electron chi connectivity index (χ4n) is 6.14. The molecule has 0 radical (unpaired) electrons. The fraction of sp³-hybridized carbons (Fsp3) is 0.902. The molecule has 1 heterocycles. The molecule has 1 aliphatic heterocycles. The first-order valence-electron chi connectivity index (χ1n) is 19.9. The molecule has 0 saturated carbocycles. The number of unbranched alkanes of at least 4 members (excludes halogenated alkanes) is 22. The minimum atomic E-state index is -0.560. The van der Waals surface area contributed by atoms with Crippen LogP contribution in [0.4, 0.5) is 0 Å². The summed E-state index contributed by atoms with van der Waals surface area (Å²) in [4.78, 5) is 0. The lowest BCUT2D eigenvalue weighted by Gasteiger charge is -2.17. The van der Waals surface area contributed by atoms with Gasteiger partial charge in [0, 0.05) is 13.2 Å². The number of hydrogen-bond donors (Lipinski definition) is 0. The van der Waals surface area contributed by atoms with Gasteiger partial charge in [0.2, 0.25) is 0 Å². The number of hydrogen-bond acceptors (Lipinski definition) is 4. The van der Waals surface area contributed by atoms with Gasteiger partial charge < -0.3 is 18.9 Å². The topological polar surface area (TPSA) is 36.9 Å². The van der Waals surface area contributed by atoms with Crippen molar-refractivity contribution in [2.45, 2.75) is 213 Å². The molecule has 1 saturated heterocycles. The van der Waals surface area contributed by atoms with Gasteiger partial charge in [-0.05, 0) is 78.1 Å². The molecule has 1 fully saturated rings. The number of rotatable bonds is 34. The van der Waals surface area contributed by atoms with Crippen LogP contribution in [0.15, 0.2) is 24.3 Å². The maximum absolute atomic E-state index is 6.14. The van der Waals surface area contributed by atoms with Crippen molar-refractivity contribution in [2.24, 2.45) is 0 Å². The Morgan fingerprint density at radius 1 is 0.422 bits per heavy atom. The highest BCUT2D eigenvalue weighted by Crippen LogP contribution is 2.28. The van der Waals surface area contributed by atoms with E-state index >= 15 is 0 Å². The highest BCUT2D eigenvalue weighted by molar-refractivity contribution is 4.83. The number of allylic oxidation sites excluding steroid dienone is 4. The summed E-state index contributed by atoms with van der Waals surface area (Å²) in [6.07, 6.45) is 43.8. The fourth-order valence-corrected chi connectivity index (χ4v) is 6.14. The van der Waals surface area contributed by atoms with E-state index < -0.39 is 5.79 Å². The quantitative estimate of drug-likeness (QED) is 0.0521. The Morgan fingerprint density at radius 2 is 0.711 bits per heavy atom. The van der Waals surface area contributed by atoms with Crippen LogP contribution >= 0.6 is 0 Å². The van der Waals surface area contributed by atoms with Crippen molar-refractivity contribution < 1.29 is 18.9 Å². The van der Waals surface area contributed by atoms with Gasteiger partial charge >= 0.3 is 0 Å². The van der Waals surface area contributed by atoms with Crippen LogP contribution in [-0.2, 0) is 18.9 Å². The van der Waals surface area contributed by atoms with Crippen LogP contribution in [0.1, 0.15) is 195 Å². The number of ether oxygens (including phenoxy) is 4. The lowest BCUT2D eigenvalue weighted by molar-refractivity contribution is -0.154. The molecule has 2 atom stereocenters. The molecule has 0 N–H and O–H groups in total. The Bertz CT molecular complexity index is 604. The Kier molecular flexibility index (Phi) is 30.0. The first-order valence-corrected chi connectivity index (χ1v) is 19.9. The van der Waals surface area contributed by atoms with E-state index in [1.54, 1.807) is 0 Å². The molecular weight excluding hydrogens is 556 g/mol.